The zero-order chi connectivity index (χ0) is 28.0. The summed E-state index contributed by atoms with van der Waals surface area (Å²) in [6.07, 6.45) is 3.77. The van der Waals surface area contributed by atoms with Gasteiger partial charge in [0.1, 0.15) is 12.2 Å². The molecule has 0 saturated carbocycles. The van der Waals surface area contributed by atoms with Crippen molar-refractivity contribution in [2.75, 3.05) is 13.2 Å². The van der Waals surface area contributed by atoms with E-state index in [1.165, 1.54) is 6.26 Å². The molecule has 1 N–H and O–H groups in total. The minimum atomic E-state index is -0.931. The molecular weight excluding hydrogens is 530 g/mol. The Hall–Kier alpha value is -3.68. The van der Waals surface area contributed by atoms with Crippen molar-refractivity contribution in [3.8, 4) is 0 Å². The van der Waals surface area contributed by atoms with Gasteiger partial charge in [-0.15, -0.1) is 0 Å². The molecule has 3 aliphatic rings. The van der Waals surface area contributed by atoms with Gasteiger partial charge in [-0.05, 0) is 62.8 Å². The first-order valence-corrected chi connectivity index (χ1v) is 14.0. The third kappa shape index (κ3) is 4.88. The largest absolute Gasteiger partial charge is 0.464 e. The molecule has 1 fully saturated rings. The normalized spacial score (nSPS) is 22.9. The Morgan fingerprint density at radius 2 is 1.90 bits per heavy atom. The lowest BCUT2D eigenvalue weighted by Crippen LogP contribution is -2.38. The summed E-state index contributed by atoms with van der Waals surface area (Å²) in [5, 5.41) is 4.01. The SMILES string of the molecule is CC1=C(C(=O)OC[C@H]2CCCO2)[C@H](c2coc3ccc(Cl)cc3c2=O)C2=C(C[C@H](c3ccc(C)cc3)CC2=O)N1. The van der Waals surface area contributed by atoms with Crippen LogP contribution in [-0.2, 0) is 19.1 Å². The van der Waals surface area contributed by atoms with Gasteiger partial charge in [-0.2, -0.15) is 0 Å². The van der Waals surface area contributed by atoms with Crippen molar-refractivity contribution < 1.29 is 23.5 Å². The number of rotatable bonds is 5. The van der Waals surface area contributed by atoms with Gasteiger partial charge in [0, 0.05) is 40.6 Å². The maximum absolute atomic E-state index is 13.9. The summed E-state index contributed by atoms with van der Waals surface area (Å²) in [5.41, 5.74) is 4.36. The van der Waals surface area contributed by atoms with Gasteiger partial charge in [0.2, 0.25) is 0 Å². The number of Topliss-reactive ketones (excluding diaryl/α,β-unsaturated/α-hetero) is 1. The van der Waals surface area contributed by atoms with Crippen LogP contribution in [0, 0.1) is 6.92 Å². The van der Waals surface area contributed by atoms with Crippen molar-refractivity contribution >= 4 is 34.3 Å². The van der Waals surface area contributed by atoms with Gasteiger partial charge in [-0.1, -0.05) is 41.4 Å². The van der Waals surface area contributed by atoms with Crippen LogP contribution in [0.1, 0.15) is 61.1 Å². The van der Waals surface area contributed by atoms with E-state index in [-0.39, 0.29) is 52.8 Å². The van der Waals surface area contributed by atoms with Crippen molar-refractivity contribution in [3.05, 3.63) is 103 Å². The first-order valence-electron chi connectivity index (χ1n) is 13.6. The van der Waals surface area contributed by atoms with E-state index in [4.69, 9.17) is 25.5 Å². The van der Waals surface area contributed by atoms with Crippen LogP contribution in [0.3, 0.4) is 0 Å². The number of carbonyl (C=O) groups excluding carboxylic acids is 2. The highest BCUT2D eigenvalue weighted by atomic mass is 35.5. The number of allylic oxidation sites excluding steroid dienone is 3. The van der Waals surface area contributed by atoms with Crippen LogP contribution >= 0.6 is 11.6 Å². The molecule has 1 aromatic heterocycles. The third-order valence-electron chi connectivity index (χ3n) is 8.09. The zero-order valence-electron chi connectivity index (χ0n) is 22.4. The average Bonchev–Trinajstić information content (AvgIpc) is 3.46. The number of benzene rings is 2. The fraction of sp³-hybridized carbons (Fsp3) is 0.344. The zero-order valence-corrected chi connectivity index (χ0v) is 23.2. The highest BCUT2D eigenvalue weighted by Gasteiger charge is 2.43. The Balaban J connectivity index is 1.44. The molecule has 2 aliphatic heterocycles. The van der Waals surface area contributed by atoms with Crippen LogP contribution in [-0.4, -0.2) is 31.1 Å². The second-order valence-electron chi connectivity index (χ2n) is 10.8. The van der Waals surface area contributed by atoms with E-state index < -0.39 is 11.9 Å². The highest BCUT2D eigenvalue weighted by molar-refractivity contribution is 6.31. The number of carbonyl (C=O) groups is 2. The van der Waals surface area contributed by atoms with Crippen LogP contribution in [0.2, 0.25) is 5.02 Å². The van der Waals surface area contributed by atoms with Crippen molar-refractivity contribution in [3.63, 3.8) is 0 Å². The predicted molar refractivity (Wildman–Crippen MR) is 151 cm³/mol. The maximum atomic E-state index is 13.9. The summed E-state index contributed by atoms with van der Waals surface area (Å²) < 4.78 is 17.2. The minimum Gasteiger partial charge on any atom is -0.464 e. The fourth-order valence-corrected chi connectivity index (χ4v) is 6.21. The number of esters is 1. The highest BCUT2D eigenvalue weighted by Crippen LogP contribution is 2.45. The number of aryl methyl sites for hydroxylation is 1. The topological polar surface area (TPSA) is 94.8 Å². The second-order valence-corrected chi connectivity index (χ2v) is 11.3. The third-order valence-corrected chi connectivity index (χ3v) is 8.33. The number of hydrogen-bond donors (Lipinski definition) is 1. The molecule has 1 saturated heterocycles. The van der Waals surface area contributed by atoms with E-state index in [2.05, 4.69) is 17.4 Å². The monoisotopic (exact) mass is 559 g/mol. The van der Waals surface area contributed by atoms with Crippen molar-refractivity contribution in [2.24, 2.45) is 0 Å². The van der Waals surface area contributed by atoms with Crippen LogP contribution < -0.4 is 10.7 Å². The Bertz CT molecular complexity index is 1630. The van der Waals surface area contributed by atoms with Crippen LogP contribution in [0.5, 0.6) is 0 Å². The lowest BCUT2D eigenvalue weighted by Gasteiger charge is -2.36. The summed E-state index contributed by atoms with van der Waals surface area (Å²) in [6, 6.07) is 13.0. The van der Waals surface area contributed by atoms with Gasteiger partial charge in [0.15, 0.2) is 11.2 Å². The molecule has 1 aliphatic carbocycles. The molecule has 0 radical (unpaired) electrons. The molecule has 8 heteroatoms. The molecule has 206 valence electrons. The van der Waals surface area contributed by atoms with Crippen molar-refractivity contribution in [1.29, 1.82) is 0 Å². The molecule has 3 heterocycles. The Kier molecular flexibility index (Phi) is 7.11. The lowest BCUT2D eigenvalue weighted by molar-refractivity contribution is -0.142. The number of nitrogens with one attached hydrogen (secondary N) is 1. The minimum absolute atomic E-state index is 0.0207. The van der Waals surface area contributed by atoms with Crippen molar-refractivity contribution in [2.45, 2.75) is 57.5 Å². The Morgan fingerprint density at radius 1 is 1.10 bits per heavy atom. The summed E-state index contributed by atoms with van der Waals surface area (Å²) in [6.45, 7) is 4.56. The van der Waals surface area contributed by atoms with Gasteiger partial charge >= 0.3 is 5.97 Å². The summed E-state index contributed by atoms with van der Waals surface area (Å²) in [7, 11) is 0. The first kappa shape index (κ1) is 26.5. The number of hydrogen-bond acceptors (Lipinski definition) is 7. The van der Waals surface area contributed by atoms with Gasteiger partial charge in [0.25, 0.3) is 0 Å². The van der Waals surface area contributed by atoms with E-state index in [0.717, 1.165) is 24.0 Å². The Morgan fingerprint density at radius 3 is 2.65 bits per heavy atom. The van der Waals surface area contributed by atoms with Crippen LogP contribution in [0.15, 0.2) is 80.5 Å². The average molecular weight is 560 g/mol. The smallest absolute Gasteiger partial charge is 0.336 e. The molecule has 0 amide bonds. The molecule has 7 nitrogen and oxygen atoms in total. The molecule has 0 spiro atoms. The standard InChI is InChI=1S/C32H30ClNO6/c1-17-5-7-19(8-6-17)20-12-25-30(26(35)13-20)29(24-16-39-27-10-9-21(33)14-23(27)31(24)36)28(18(2)34-25)32(37)40-15-22-4-3-11-38-22/h5-10,14,16,20,22,29,34H,3-4,11-13,15H2,1-2H3/t20-,22+,29-/m0/s1. The number of fused-ring (bicyclic) bond motifs is 1. The summed E-state index contributed by atoms with van der Waals surface area (Å²) >= 11 is 6.20. The number of ether oxygens (including phenoxy) is 2. The van der Waals surface area contributed by atoms with Crippen LogP contribution in [0.4, 0.5) is 0 Å². The van der Waals surface area contributed by atoms with Gasteiger partial charge < -0.3 is 19.2 Å². The molecule has 6 rings (SSSR count). The van der Waals surface area contributed by atoms with E-state index in [1.54, 1.807) is 25.1 Å². The Labute approximate surface area is 236 Å². The van der Waals surface area contributed by atoms with Gasteiger partial charge in [-0.25, -0.2) is 4.79 Å². The van der Waals surface area contributed by atoms with E-state index in [0.29, 0.717) is 40.6 Å². The number of halogens is 1. The quantitative estimate of drug-likeness (QED) is 0.392. The van der Waals surface area contributed by atoms with E-state index in [1.807, 2.05) is 19.1 Å². The summed E-state index contributed by atoms with van der Waals surface area (Å²) in [4.78, 5) is 41.4. The molecule has 3 aromatic rings. The predicted octanol–water partition coefficient (Wildman–Crippen LogP) is 5.84. The fourth-order valence-electron chi connectivity index (χ4n) is 6.03. The van der Waals surface area contributed by atoms with E-state index in [9.17, 15) is 14.4 Å². The molecule has 3 atom stereocenters. The first-order chi connectivity index (χ1) is 19.3. The summed E-state index contributed by atoms with van der Waals surface area (Å²) in [5.74, 6) is -1.66. The number of ketones is 1. The molecule has 0 bridgehead atoms. The van der Waals surface area contributed by atoms with Gasteiger partial charge in [0.05, 0.1) is 29.2 Å². The van der Waals surface area contributed by atoms with Crippen molar-refractivity contribution in [1.82, 2.24) is 5.32 Å². The molecule has 0 unspecified atom stereocenters. The molecule has 2 aromatic carbocycles. The number of dihydropyridines is 1. The van der Waals surface area contributed by atoms with Gasteiger partial charge in [-0.3, -0.25) is 9.59 Å². The van der Waals surface area contributed by atoms with Crippen LogP contribution in [0.25, 0.3) is 11.0 Å². The van der Waals surface area contributed by atoms with E-state index >= 15 is 0 Å². The maximum Gasteiger partial charge on any atom is 0.336 e. The second kappa shape index (κ2) is 10.7. The molecular formula is C32H30ClNO6. The molecule has 40 heavy (non-hydrogen) atoms. The lowest BCUT2D eigenvalue weighted by atomic mass is 9.72.